The van der Waals surface area contributed by atoms with Gasteiger partial charge < -0.3 is 28.0 Å². The Morgan fingerprint density at radius 1 is 0.821 bits per heavy atom. The van der Waals surface area contributed by atoms with Crippen LogP contribution in [0.1, 0.15) is 35.2 Å². The Bertz CT molecular complexity index is 1440. The van der Waals surface area contributed by atoms with E-state index in [4.69, 9.17) is 23.5 Å². The van der Waals surface area contributed by atoms with Gasteiger partial charge in [0.05, 0.1) is 34.1 Å². The summed E-state index contributed by atoms with van der Waals surface area (Å²) < 4.78 is 30.7. The molecule has 0 unspecified atom stereocenters. The summed E-state index contributed by atoms with van der Waals surface area (Å²) in [6.07, 6.45) is 6.53. The maximum absolute atomic E-state index is 6.06. The lowest BCUT2D eigenvalue weighted by Crippen LogP contribution is -2.19. The van der Waals surface area contributed by atoms with Crippen molar-refractivity contribution in [3.05, 3.63) is 65.0 Å². The van der Waals surface area contributed by atoms with Crippen LogP contribution < -0.4 is 18.9 Å². The van der Waals surface area contributed by atoms with E-state index in [1.165, 1.54) is 29.5 Å². The number of ether oxygens (including phenoxy) is 4. The second-order valence-corrected chi connectivity index (χ2v) is 10.2. The van der Waals surface area contributed by atoms with Crippen molar-refractivity contribution in [2.24, 2.45) is 0 Å². The van der Waals surface area contributed by atoms with E-state index in [1.54, 1.807) is 28.4 Å². The molecule has 0 saturated carbocycles. The van der Waals surface area contributed by atoms with Crippen LogP contribution in [-0.2, 0) is 25.9 Å². The summed E-state index contributed by atoms with van der Waals surface area (Å²) in [5, 5.41) is 4.56. The van der Waals surface area contributed by atoms with E-state index in [9.17, 15) is 0 Å². The largest absolute Gasteiger partial charge is 0.497 e. The number of nitrogens with zero attached hydrogens (tertiary/aromatic N) is 3. The van der Waals surface area contributed by atoms with Crippen LogP contribution in [-0.4, -0.2) is 56.2 Å². The molecule has 0 amide bonds. The fourth-order valence-electron chi connectivity index (χ4n) is 6.00. The van der Waals surface area contributed by atoms with Crippen LogP contribution in [0.2, 0.25) is 0 Å². The quantitative estimate of drug-likeness (QED) is 0.280. The Labute approximate surface area is 229 Å². The molecule has 4 aromatic rings. The lowest BCUT2D eigenvalue weighted by molar-refractivity contribution is 0.314. The molecule has 0 bridgehead atoms. The first kappa shape index (κ1) is 25.4. The zero-order chi connectivity index (χ0) is 26.9. The third kappa shape index (κ3) is 4.63. The highest BCUT2D eigenvalue weighted by atomic mass is 16.5. The Kier molecular flexibility index (Phi) is 6.95. The number of hydrogen-bond donors (Lipinski definition) is 0. The third-order valence-electron chi connectivity index (χ3n) is 7.94. The zero-order valence-corrected chi connectivity index (χ0v) is 23.1. The number of hydrogen-bond acceptors (Lipinski definition) is 7. The molecule has 0 N–H and O–H groups in total. The Morgan fingerprint density at radius 2 is 1.51 bits per heavy atom. The van der Waals surface area contributed by atoms with Crippen molar-refractivity contribution in [2.75, 3.05) is 41.5 Å². The first-order valence-corrected chi connectivity index (χ1v) is 13.5. The molecule has 8 heteroatoms. The van der Waals surface area contributed by atoms with Crippen LogP contribution in [0.15, 0.2) is 47.1 Å². The van der Waals surface area contributed by atoms with Crippen LogP contribution in [0.5, 0.6) is 23.0 Å². The van der Waals surface area contributed by atoms with Crippen LogP contribution in [0.4, 0.5) is 0 Å². The van der Waals surface area contributed by atoms with Crippen molar-refractivity contribution in [1.29, 1.82) is 0 Å². The summed E-state index contributed by atoms with van der Waals surface area (Å²) >= 11 is 0. The summed E-state index contributed by atoms with van der Waals surface area (Å²) in [5.74, 6) is 3.57. The molecule has 204 valence electrons. The second-order valence-electron chi connectivity index (χ2n) is 10.2. The van der Waals surface area contributed by atoms with Crippen molar-refractivity contribution in [2.45, 2.75) is 38.8 Å². The number of rotatable bonds is 9. The molecule has 2 aromatic heterocycles. The third-order valence-corrected chi connectivity index (χ3v) is 7.94. The van der Waals surface area contributed by atoms with Gasteiger partial charge in [-0.25, -0.2) is 0 Å². The molecule has 0 radical (unpaired) electrons. The first-order valence-electron chi connectivity index (χ1n) is 13.5. The van der Waals surface area contributed by atoms with Gasteiger partial charge in [0.1, 0.15) is 11.4 Å². The summed E-state index contributed by atoms with van der Waals surface area (Å²) in [4.78, 5) is 2.48. The van der Waals surface area contributed by atoms with Crippen LogP contribution in [0.25, 0.3) is 22.6 Å². The summed E-state index contributed by atoms with van der Waals surface area (Å²) in [7, 11) is 6.61. The van der Waals surface area contributed by atoms with Crippen LogP contribution in [0.3, 0.4) is 0 Å². The van der Waals surface area contributed by atoms with Crippen molar-refractivity contribution in [1.82, 2.24) is 14.6 Å². The number of fused-ring (bicyclic) bond motifs is 3. The number of likely N-dealkylation sites (tertiary alicyclic amines) is 1. The van der Waals surface area contributed by atoms with E-state index in [-0.39, 0.29) is 0 Å². The molecular formula is C31H35N3O5. The van der Waals surface area contributed by atoms with E-state index >= 15 is 0 Å². The van der Waals surface area contributed by atoms with E-state index in [0.29, 0.717) is 23.8 Å². The highest BCUT2D eigenvalue weighted by Gasteiger charge is 2.31. The Hall–Kier alpha value is -3.91. The van der Waals surface area contributed by atoms with E-state index in [1.807, 2.05) is 24.3 Å². The molecule has 3 heterocycles. The van der Waals surface area contributed by atoms with Crippen molar-refractivity contribution < 1.29 is 23.5 Å². The molecule has 1 aliphatic heterocycles. The van der Waals surface area contributed by atoms with Gasteiger partial charge in [-0.15, -0.1) is 0 Å². The second kappa shape index (κ2) is 10.7. The molecule has 2 aromatic carbocycles. The summed E-state index contributed by atoms with van der Waals surface area (Å²) in [6, 6.07) is 12.2. The van der Waals surface area contributed by atoms with Gasteiger partial charge in [-0.1, -0.05) is 17.3 Å². The minimum Gasteiger partial charge on any atom is -0.497 e. The average Bonchev–Trinajstić information content (AvgIpc) is 3.72. The molecule has 1 saturated heterocycles. The SMILES string of the molecule is COc1ccc(Cn2cc3c(c2-c2cc(OC)c(OC)c(OC)c2)CCc2c(CN4CCCC4)noc2-3)cc1. The predicted octanol–water partition coefficient (Wildman–Crippen LogP) is 5.59. The van der Waals surface area contributed by atoms with Gasteiger partial charge >= 0.3 is 0 Å². The molecule has 39 heavy (non-hydrogen) atoms. The highest BCUT2D eigenvalue weighted by molar-refractivity contribution is 5.81. The van der Waals surface area contributed by atoms with Gasteiger partial charge in [0.25, 0.3) is 0 Å². The van der Waals surface area contributed by atoms with Crippen molar-refractivity contribution >= 4 is 0 Å². The standard InChI is InChI=1S/C31H35N3O5/c1-35-22-9-7-20(8-10-22)17-34-18-25-23(29(34)21-15-27(36-2)31(38-4)28(16-21)37-3)11-12-24-26(32-39-30(24)25)19-33-13-5-6-14-33/h7-10,15-16,18H,5-6,11-14,17,19H2,1-4H3. The highest BCUT2D eigenvalue weighted by Crippen LogP contribution is 2.46. The van der Waals surface area contributed by atoms with Crippen molar-refractivity contribution in [3.8, 4) is 45.6 Å². The van der Waals surface area contributed by atoms with Gasteiger partial charge in [0.15, 0.2) is 17.3 Å². The fraction of sp³-hybridized carbons (Fsp3) is 0.387. The number of aromatic nitrogens is 2. The molecule has 1 aliphatic carbocycles. The predicted molar refractivity (Wildman–Crippen MR) is 149 cm³/mol. The zero-order valence-electron chi connectivity index (χ0n) is 23.1. The Morgan fingerprint density at radius 3 is 2.15 bits per heavy atom. The monoisotopic (exact) mass is 529 g/mol. The molecule has 6 rings (SSSR count). The number of methoxy groups -OCH3 is 4. The lowest BCUT2D eigenvalue weighted by atomic mass is 9.89. The average molecular weight is 530 g/mol. The minimum absolute atomic E-state index is 0.579. The molecule has 0 atom stereocenters. The van der Waals surface area contributed by atoms with Gasteiger partial charge in [-0.3, -0.25) is 4.90 Å². The van der Waals surface area contributed by atoms with Crippen molar-refractivity contribution in [3.63, 3.8) is 0 Å². The minimum atomic E-state index is 0.579. The van der Waals surface area contributed by atoms with Gasteiger partial charge in [0, 0.05) is 36.0 Å². The van der Waals surface area contributed by atoms with Crippen LogP contribution >= 0.6 is 0 Å². The van der Waals surface area contributed by atoms with E-state index in [2.05, 4.69) is 33.0 Å². The molecule has 2 aliphatic rings. The maximum Gasteiger partial charge on any atom is 0.203 e. The van der Waals surface area contributed by atoms with Gasteiger partial charge in [0.2, 0.25) is 5.75 Å². The van der Waals surface area contributed by atoms with E-state index in [0.717, 1.165) is 66.5 Å². The van der Waals surface area contributed by atoms with Gasteiger partial charge in [-0.2, -0.15) is 0 Å². The maximum atomic E-state index is 6.06. The summed E-state index contributed by atoms with van der Waals surface area (Å²) in [6.45, 7) is 3.82. The molecule has 0 spiro atoms. The molecule has 8 nitrogen and oxygen atoms in total. The van der Waals surface area contributed by atoms with E-state index < -0.39 is 0 Å². The van der Waals surface area contributed by atoms with Gasteiger partial charge in [-0.05, 0) is 74.2 Å². The normalized spacial score (nSPS) is 14.7. The number of benzene rings is 2. The fourth-order valence-corrected chi connectivity index (χ4v) is 6.00. The lowest BCUT2D eigenvalue weighted by Gasteiger charge is -2.18. The van der Waals surface area contributed by atoms with Crippen LogP contribution in [0, 0.1) is 0 Å². The topological polar surface area (TPSA) is 71.1 Å². The molecular weight excluding hydrogens is 494 g/mol. The first-order chi connectivity index (χ1) is 19.1. The summed E-state index contributed by atoms with van der Waals surface area (Å²) in [5.41, 5.74) is 7.96. The Balaban J connectivity index is 1.47. The molecule has 1 fully saturated rings. The smallest absolute Gasteiger partial charge is 0.203 e.